The Morgan fingerprint density at radius 2 is 1.85 bits per heavy atom. The quantitative estimate of drug-likeness (QED) is 0.780. The van der Waals surface area contributed by atoms with Crippen molar-refractivity contribution < 1.29 is 18.3 Å². The molecule has 0 radical (unpaired) electrons. The fourth-order valence-corrected chi connectivity index (χ4v) is 2.04. The third-order valence-corrected chi connectivity index (χ3v) is 3.18. The molecule has 1 aromatic carbocycles. The first-order valence-electron chi connectivity index (χ1n) is 6.01. The van der Waals surface area contributed by atoms with E-state index in [0.29, 0.717) is 11.0 Å². The highest BCUT2D eigenvalue weighted by molar-refractivity contribution is 5.78. The van der Waals surface area contributed by atoms with Gasteiger partial charge in [0.2, 0.25) is 0 Å². The lowest BCUT2D eigenvalue weighted by molar-refractivity contribution is 0.0740. The van der Waals surface area contributed by atoms with Gasteiger partial charge in [-0.2, -0.15) is 0 Å². The van der Waals surface area contributed by atoms with Crippen molar-refractivity contribution in [2.24, 2.45) is 0 Å². The number of furan rings is 1. The second kappa shape index (κ2) is 4.38. The number of benzene rings is 1. The predicted molar refractivity (Wildman–Crippen MR) is 69.0 cm³/mol. The number of aromatic nitrogens is 1. The number of aliphatic hydroxyl groups is 1. The summed E-state index contributed by atoms with van der Waals surface area (Å²) in [6, 6.07) is 8.21. The fraction of sp³-hybridized carbons (Fsp3) is 0.133. The summed E-state index contributed by atoms with van der Waals surface area (Å²) in [6.07, 6.45) is 1.02. The minimum absolute atomic E-state index is 0.220. The van der Waals surface area contributed by atoms with Crippen LogP contribution in [0.15, 0.2) is 47.0 Å². The Bertz CT molecular complexity index is 763. The molecule has 0 saturated heterocycles. The van der Waals surface area contributed by atoms with E-state index in [-0.39, 0.29) is 17.3 Å². The average Bonchev–Trinajstić information content (AvgIpc) is 2.83. The van der Waals surface area contributed by atoms with Gasteiger partial charge in [-0.3, -0.25) is 4.98 Å². The summed E-state index contributed by atoms with van der Waals surface area (Å²) in [5.41, 5.74) is -0.814. The average molecular weight is 275 g/mol. The van der Waals surface area contributed by atoms with Gasteiger partial charge in [0, 0.05) is 5.39 Å². The van der Waals surface area contributed by atoms with Crippen molar-refractivity contribution in [1.82, 2.24) is 4.98 Å². The van der Waals surface area contributed by atoms with Crippen LogP contribution in [0.4, 0.5) is 8.78 Å². The van der Waals surface area contributed by atoms with Crippen molar-refractivity contribution in [2.75, 3.05) is 0 Å². The second-order valence-corrected chi connectivity index (χ2v) is 4.73. The van der Waals surface area contributed by atoms with Crippen LogP contribution in [0, 0.1) is 11.6 Å². The Kier molecular flexibility index (Phi) is 2.79. The highest BCUT2D eigenvalue weighted by Crippen LogP contribution is 2.32. The summed E-state index contributed by atoms with van der Waals surface area (Å²) < 4.78 is 31.6. The van der Waals surface area contributed by atoms with Crippen LogP contribution in [-0.4, -0.2) is 10.1 Å². The maximum atomic E-state index is 13.2. The van der Waals surface area contributed by atoms with E-state index in [0.717, 1.165) is 6.20 Å². The zero-order chi connectivity index (χ0) is 14.3. The van der Waals surface area contributed by atoms with E-state index in [1.807, 2.05) is 0 Å². The Balaban J connectivity index is 2.10. The molecular weight excluding hydrogens is 264 g/mol. The van der Waals surface area contributed by atoms with Crippen LogP contribution in [0.1, 0.15) is 18.4 Å². The van der Waals surface area contributed by atoms with Crippen molar-refractivity contribution in [3.63, 3.8) is 0 Å². The van der Waals surface area contributed by atoms with Crippen LogP contribution >= 0.6 is 0 Å². The summed E-state index contributed by atoms with van der Waals surface area (Å²) >= 11 is 0. The second-order valence-electron chi connectivity index (χ2n) is 4.73. The van der Waals surface area contributed by atoms with Gasteiger partial charge in [-0.15, -0.1) is 0 Å². The molecule has 5 heteroatoms. The van der Waals surface area contributed by atoms with E-state index in [1.165, 1.54) is 37.3 Å². The molecule has 0 bridgehead atoms. The molecule has 1 atom stereocenters. The minimum atomic E-state index is -1.52. The lowest BCUT2D eigenvalue weighted by atomic mass is 9.98. The molecule has 3 nitrogen and oxygen atoms in total. The van der Waals surface area contributed by atoms with Crippen LogP contribution in [-0.2, 0) is 5.60 Å². The molecule has 3 aromatic rings. The van der Waals surface area contributed by atoms with E-state index < -0.39 is 11.4 Å². The predicted octanol–water partition coefficient (Wildman–Crippen LogP) is 3.36. The third-order valence-electron chi connectivity index (χ3n) is 3.18. The maximum absolute atomic E-state index is 13.2. The first kappa shape index (κ1) is 12.7. The number of rotatable bonds is 2. The van der Waals surface area contributed by atoms with Gasteiger partial charge < -0.3 is 9.52 Å². The normalized spacial score (nSPS) is 14.4. The highest BCUT2D eigenvalue weighted by atomic mass is 19.1. The molecular formula is C15H11F2NO2. The van der Waals surface area contributed by atoms with E-state index >= 15 is 0 Å². The molecule has 0 aliphatic rings. The summed E-state index contributed by atoms with van der Waals surface area (Å²) in [5, 5.41) is 11.1. The van der Waals surface area contributed by atoms with Gasteiger partial charge in [-0.25, -0.2) is 8.78 Å². The standard InChI is InChI=1S/C15H11F2NO2/c1-15(19,13-5-3-11(17)8-18-13)14-7-9-6-10(16)2-4-12(9)20-14/h2-8,19H,1H3. The molecule has 102 valence electrons. The van der Waals surface area contributed by atoms with Gasteiger partial charge in [0.25, 0.3) is 0 Å². The Morgan fingerprint density at radius 3 is 2.55 bits per heavy atom. The van der Waals surface area contributed by atoms with Crippen LogP contribution in [0.5, 0.6) is 0 Å². The van der Waals surface area contributed by atoms with Gasteiger partial charge in [0.15, 0.2) is 5.60 Å². The zero-order valence-corrected chi connectivity index (χ0v) is 10.6. The molecule has 2 aromatic heterocycles. The number of nitrogens with zero attached hydrogens (tertiary/aromatic N) is 1. The van der Waals surface area contributed by atoms with E-state index in [9.17, 15) is 13.9 Å². The lowest BCUT2D eigenvalue weighted by Crippen LogP contribution is -2.23. The minimum Gasteiger partial charge on any atom is -0.458 e. The molecule has 0 fully saturated rings. The lowest BCUT2D eigenvalue weighted by Gasteiger charge is -2.19. The van der Waals surface area contributed by atoms with Crippen LogP contribution in [0.25, 0.3) is 11.0 Å². The first-order valence-corrected chi connectivity index (χ1v) is 6.01. The summed E-state index contributed by atoms with van der Waals surface area (Å²) in [7, 11) is 0. The van der Waals surface area contributed by atoms with Crippen molar-refractivity contribution in [3.05, 3.63) is 65.7 Å². The van der Waals surface area contributed by atoms with Gasteiger partial charge in [0.05, 0.1) is 11.9 Å². The topological polar surface area (TPSA) is 46.3 Å². The number of fused-ring (bicyclic) bond motifs is 1. The Hall–Kier alpha value is -2.27. The molecule has 0 spiro atoms. The van der Waals surface area contributed by atoms with E-state index in [4.69, 9.17) is 4.42 Å². The molecule has 3 rings (SSSR count). The first-order chi connectivity index (χ1) is 9.46. The number of halogens is 2. The molecule has 20 heavy (non-hydrogen) atoms. The molecule has 1 N–H and O–H groups in total. The number of hydrogen-bond acceptors (Lipinski definition) is 3. The molecule has 0 saturated carbocycles. The highest BCUT2D eigenvalue weighted by Gasteiger charge is 2.31. The monoisotopic (exact) mass is 275 g/mol. The van der Waals surface area contributed by atoms with Crippen LogP contribution < -0.4 is 0 Å². The molecule has 0 amide bonds. The molecule has 0 aliphatic carbocycles. The molecule has 2 heterocycles. The van der Waals surface area contributed by atoms with Crippen molar-refractivity contribution >= 4 is 11.0 Å². The largest absolute Gasteiger partial charge is 0.458 e. The number of pyridine rings is 1. The van der Waals surface area contributed by atoms with Crippen molar-refractivity contribution in [1.29, 1.82) is 0 Å². The third kappa shape index (κ3) is 2.06. The van der Waals surface area contributed by atoms with E-state index in [1.54, 1.807) is 6.07 Å². The smallest absolute Gasteiger partial charge is 0.161 e. The van der Waals surface area contributed by atoms with Gasteiger partial charge in [-0.1, -0.05) is 0 Å². The van der Waals surface area contributed by atoms with Crippen molar-refractivity contribution in [3.8, 4) is 0 Å². The van der Waals surface area contributed by atoms with Gasteiger partial charge in [-0.05, 0) is 43.3 Å². The van der Waals surface area contributed by atoms with Gasteiger partial charge >= 0.3 is 0 Å². The zero-order valence-electron chi connectivity index (χ0n) is 10.6. The van der Waals surface area contributed by atoms with Crippen molar-refractivity contribution in [2.45, 2.75) is 12.5 Å². The molecule has 0 aliphatic heterocycles. The SMILES string of the molecule is CC(O)(c1ccc(F)cn1)c1cc2cc(F)ccc2o1. The van der Waals surface area contributed by atoms with Crippen LogP contribution in [0.3, 0.4) is 0 Å². The van der Waals surface area contributed by atoms with Crippen LogP contribution in [0.2, 0.25) is 0 Å². The Morgan fingerprint density at radius 1 is 1.10 bits per heavy atom. The summed E-state index contributed by atoms with van der Waals surface area (Å²) in [5.74, 6) is -0.655. The summed E-state index contributed by atoms with van der Waals surface area (Å²) in [6.45, 7) is 1.49. The fourth-order valence-electron chi connectivity index (χ4n) is 2.04. The summed E-state index contributed by atoms with van der Waals surface area (Å²) in [4.78, 5) is 3.85. The molecule has 1 unspecified atom stereocenters. The number of hydrogen-bond donors (Lipinski definition) is 1. The maximum Gasteiger partial charge on any atom is 0.161 e. The van der Waals surface area contributed by atoms with E-state index in [2.05, 4.69) is 4.98 Å². The Labute approximate surface area is 113 Å². The van der Waals surface area contributed by atoms with Gasteiger partial charge in [0.1, 0.15) is 23.0 Å².